The van der Waals surface area contributed by atoms with Crippen molar-refractivity contribution in [3.8, 4) is 5.75 Å². The minimum absolute atomic E-state index is 0.0133. The van der Waals surface area contributed by atoms with E-state index in [-0.39, 0.29) is 62.2 Å². The van der Waals surface area contributed by atoms with Crippen molar-refractivity contribution >= 4 is 17.5 Å². The number of allylic oxidation sites excluding steroid dienone is 1. The molecule has 10 nitrogen and oxygen atoms in total. The first-order chi connectivity index (χ1) is 19.1. The first-order valence-corrected chi connectivity index (χ1v) is 13.8. The number of alkyl halides is 2. The van der Waals surface area contributed by atoms with Crippen molar-refractivity contribution < 1.29 is 43.6 Å². The third-order valence-electron chi connectivity index (χ3n) is 9.26. The van der Waals surface area contributed by atoms with Crippen LogP contribution in [0.15, 0.2) is 28.7 Å². The van der Waals surface area contributed by atoms with Gasteiger partial charge in [0.05, 0.1) is 11.6 Å². The summed E-state index contributed by atoms with van der Waals surface area (Å²) < 4.78 is 27.4. The predicted molar refractivity (Wildman–Crippen MR) is 143 cm³/mol. The van der Waals surface area contributed by atoms with Crippen LogP contribution >= 0.6 is 0 Å². The summed E-state index contributed by atoms with van der Waals surface area (Å²) in [6.07, 6.45) is 0.122. The molecule has 1 aromatic carbocycles. The van der Waals surface area contributed by atoms with Gasteiger partial charge in [0, 0.05) is 49.5 Å². The van der Waals surface area contributed by atoms with Crippen LogP contribution in [0, 0.1) is 11.8 Å². The van der Waals surface area contributed by atoms with E-state index in [9.17, 15) is 43.6 Å². The second-order valence-corrected chi connectivity index (χ2v) is 11.8. The van der Waals surface area contributed by atoms with Crippen molar-refractivity contribution in [2.45, 2.75) is 63.1 Å². The van der Waals surface area contributed by atoms with Crippen molar-refractivity contribution in [1.29, 1.82) is 0 Å². The Morgan fingerprint density at radius 1 is 1.15 bits per heavy atom. The lowest BCUT2D eigenvalue weighted by Gasteiger charge is -2.50. The number of phenols is 1. The Labute approximate surface area is 235 Å². The number of rotatable bonds is 5. The molecule has 3 aliphatic carbocycles. The van der Waals surface area contributed by atoms with Crippen LogP contribution in [0.25, 0.3) is 0 Å². The van der Waals surface area contributed by atoms with Gasteiger partial charge in [-0.15, -0.1) is 0 Å². The number of carbonyl (C=O) groups is 3. The van der Waals surface area contributed by atoms with Gasteiger partial charge in [-0.3, -0.25) is 24.2 Å². The Balaban J connectivity index is 1.61. The molecule has 0 spiro atoms. The average molecular weight is 576 g/mol. The molecule has 1 aromatic rings. The molecule has 6 N–H and O–H groups in total. The van der Waals surface area contributed by atoms with Gasteiger partial charge in [-0.2, -0.15) is 0 Å². The molecule has 1 fully saturated rings. The molecule has 222 valence electrons. The molecule has 5 rings (SSSR count). The highest BCUT2D eigenvalue weighted by Gasteiger charge is 2.63. The van der Waals surface area contributed by atoms with Gasteiger partial charge in [-0.05, 0) is 50.4 Å². The molecule has 0 aromatic heterocycles. The smallest absolute Gasteiger partial charge is 0.255 e. The standard InChI is InChI=1S/C29H35F2N3O7/c1-4-13-9-15(12-34-7-5-28(30,31)6-8-34)22(35)19-16(13)10-14-11-17-21(33(2)3)24(37)20(27(32)40)26(39)29(17,41)25(38)18(14)23(19)36/h9,14,17,21,35,37-38,41H,4-8,10-12H2,1-3H3,(H2,32,40)/t14-,17-,21+,29-/m0/s1. The fraction of sp³-hybridized carbons (Fsp3) is 0.552. The number of likely N-dealkylation sites (N-methyl/N-ethyl adjacent to an activating group) is 1. The second kappa shape index (κ2) is 9.88. The van der Waals surface area contributed by atoms with E-state index in [4.69, 9.17) is 5.73 Å². The van der Waals surface area contributed by atoms with Crippen molar-refractivity contribution in [2.24, 2.45) is 17.6 Å². The molecular weight excluding hydrogens is 540 g/mol. The number of aliphatic hydroxyl groups is 3. The van der Waals surface area contributed by atoms with Crippen LogP contribution in [-0.2, 0) is 29.0 Å². The van der Waals surface area contributed by atoms with Crippen LogP contribution in [0.2, 0.25) is 0 Å². The predicted octanol–water partition coefficient (Wildman–Crippen LogP) is 1.91. The van der Waals surface area contributed by atoms with Gasteiger partial charge >= 0.3 is 0 Å². The number of Topliss-reactive ketones (excluding diaryl/α,β-unsaturated/α-hetero) is 2. The third kappa shape index (κ3) is 4.34. The number of ketones is 2. The average Bonchev–Trinajstić information content (AvgIpc) is 2.88. The number of likely N-dealkylation sites (tertiary alicyclic amines) is 1. The minimum Gasteiger partial charge on any atom is -0.510 e. The molecule has 4 atom stereocenters. The number of nitrogens with zero attached hydrogens (tertiary/aromatic N) is 2. The number of piperidine rings is 1. The first-order valence-electron chi connectivity index (χ1n) is 13.8. The fourth-order valence-electron chi connectivity index (χ4n) is 7.17. The van der Waals surface area contributed by atoms with E-state index in [0.29, 0.717) is 17.5 Å². The first kappa shape index (κ1) is 29.2. The number of carbonyl (C=O) groups excluding carboxylic acids is 3. The number of hydrogen-bond donors (Lipinski definition) is 5. The number of aliphatic hydroxyl groups excluding tert-OH is 2. The monoisotopic (exact) mass is 575 g/mol. The molecule has 1 saturated heterocycles. The van der Waals surface area contributed by atoms with Crippen molar-refractivity contribution in [3.05, 3.63) is 51.0 Å². The molecule has 0 unspecified atom stereocenters. The molecule has 0 bridgehead atoms. The molecule has 4 aliphatic rings. The summed E-state index contributed by atoms with van der Waals surface area (Å²) in [6.45, 7) is 2.28. The maximum Gasteiger partial charge on any atom is 0.255 e. The van der Waals surface area contributed by atoms with Crippen LogP contribution < -0.4 is 5.73 Å². The summed E-state index contributed by atoms with van der Waals surface area (Å²) in [7, 11) is 3.15. The van der Waals surface area contributed by atoms with Gasteiger partial charge in [-0.25, -0.2) is 8.78 Å². The SMILES string of the molecule is CCc1cc(CN2CCC(F)(F)CC2)c(O)c2c1C[C@H]1C[C@H]3[C@@H](N(C)C)C(O)=C(C(N)=O)C(=O)[C@@]3(O)C(O)=C1C2=O. The Bertz CT molecular complexity index is 1410. The summed E-state index contributed by atoms with van der Waals surface area (Å²) in [5, 5.41) is 45.4. The topological polar surface area (TPSA) is 165 Å². The summed E-state index contributed by atoms with van der Waals surface area (Å²) >= 11 is 0. The lowest BCUT2D eigenvalue weighted by atomic mass is 9.58. The zero-order chi connectivity index (χ0) is 30.2. The second-order valence-electron chi connectivity index (χ2n) is 11.8. The molecule has 1 heterocycles. The number of aryl methyl sites for hydroxylation is 1. The van der Waals surface area contributed by atoms with Gasteiger partial charge in [0.2, 0.25) is 5.78 Å². The molecule has 0 radical (unpaired) electrons. The van der Waals surface area contributed by atoms with Crippen LogP contribution in [0.5, 0.6) is 5.75 Å². The summed E-state index contributed by atoms with van der Waals surface area (Å²) in [5.74, 6) is -9.67. The van der Waals surface area contributed by atoms with E-state index in [2.05, 4.69) is 0 Å². The van der Waals surface area contributed by atoms with Crippen LogP contribution in [0.3, 0.4) is 0 Å². The Hall–Kier alpha value is -3.35. The number of fused-ring (bicyclic) bond motifs is 3. The van der Waals surface area contributed by atoms with Crippen molar-refractivity contribution in [2.75, 3.05) is 27.2 Å². The number of benzene rings is 1. The van der Waals surface area contributed by atoms with E-state index in [1.54, 1.807) is 25.1 Å². The van der Waals surface area contributed by atoms with E-state index < -0.39 is 64.0 Å². The highest BCUT2D eigenvalue weighted by molar-refractivity contribution is 6.24. The fourth-order valence-corrected chi connectivity index (χ4v) is 7.17. The normalized spacial score (nSPS) is 29.9. The number of amides is 1. The summed E-state index contributed by atoms with van der Waals surface area (Å²) in [5.41, 5.74) is 3.28. The molecule has 1 amide bonds. The number of halogens is 2. The molecule has 0 saturated carbocycles. The van der Waals surface area contributed by atoms with Crippen molar-refractivity contribution in [1.82, 2.24) is 9.80 Å². The highest BCUT2D eigenvalue weighted by atomic mass is 19.3. The largest absolute Gasteiger partial charge is 0.510 e. The maximum atomic E-state index is 14.0. The van der Waals surface area contributed by atoms with E-state index in [1.807, 2.05) is 6.92 Å². The molecule has 1 aliphatic heterocycles. The van der Waals surface area contributed by atoms with E-state index >= 15 is 0 Å². The maximum absolute atomic E-state index is 14.0. The number of phenolic OH excluding ortho intramolecular Hbond substituents is 1. The number of aromatic hydroxyl groups is 1. The Kier molecular flexibility index (Phi) is 7.03. The van der Waals surface area contributed by atoms with Crippen LogP contribution in [-0.4, -0.2) is 92.4 Å². The van der Waals surface area contributed by atoms with E-state index in [0.717, 1.165) is 5.56 Å². The lowest BCUT2D eigenvalue weighted by molar-refractivity contribution is -0.148. The van der Waals surface area contributed by atoms with Gasteiger partial charge < -0.3 is 26.2 Å². The molecule has 12 heteroatoms. The zero-order valence-corrected chi connectivity index (χ0v) is 23.2. The van der Waals surface area contributed by atoms with Crippen LogP contribution in [0.4, 0.5) is 8.78 Å². The van der Waals surface area contributed by atoms with E-state index in [1.165, 1.54) is 4.90 Å². The zero-order valence-electron chi connectivity index (χ0n) is 23.2. The number of primary amides is 1. The molecular formula is C29H35F2N3O7. The Morgan fingerprint density at radius 3 is 2.34 bits per heavy atom. The third-order valence-corrected chi connectivity index (χ3v) is 9.26. The number of hydrogen-bond acceptors (Lipinski definition) is 9. The minimum atomic E-state index is -2.74. The lowest BCUT2D eigenvalue weighted by Crippen LogP contribution is -2.63. The van der Waals surface area contributed by atoms with Gasteiger partial charge in [0.1, 0.15) is 22.8 Å². The van der Waals surface area contributed by atoms with Crippen molar-refractivity contribution in [3.63, 3.8) is 0 Å². The Morgan fingerprint density at radius 2 is 1.78 bits per heavy atom. The highest BCUT2D eigenvalue weighted by Crippen LogP contribution is 2.53. The van der Waals surface area contributed by atoms with Gasteiger partial charge in [0.25, 0.3) is 11.8 Å². The number of nitrogens with two attached hydrogens (primary N) is 1. The van der Waals surface area contributed by atoms with Gasteiger partial charge in [-0.1, -0.05) is 13.0 Å². The summed E-state index contributed by atoms with van der Waals surface area (Å²) in [4.78, 5) is 42.9. The molecule has 41 heavy (non-hydrogen) atoms. The quantitative estimate of drug-likeness (QED) is 0.330. The summed E-state index contributed by atoms with van der Waals surface area (Å²) in [6, 6.07) is 0.723. The van der Waals surface area contributed by atoms with Gasteiger partial charge in [0.15, 0.2) is 11.4 Å². The van der Waals surface area contributed by atoms with Crippen LogP contribution in [0.1, 0.15) is 53.2 Å².